The Hall–Kier alpha value is -3.42. The first-order valence-electron chi connectivity index (χ1n) is 9.10. The third-order valence-corrected chi connectivity index (χ3v) is 4.73. The third kappa shape index (κ3) is 3.66. The van der Waals surface area contributed by atoms with E-state index in [4.69, 9.17) is 10.7 Å². The lowest BCUT2D eigenvalue weighted by Crippen LogP contribution is -2.35. The number of aromatic nitrogens is 2. The first-order chi connectivity index (χ1) is 13.5. The smallest absolute Gasteiger partial charge is 0.229 e. The molecule has 0 bridgehead atoms. The van der Waals surface area contributed by atoms with Crippen molar-refractivity contribution in [2.75, 3.05) is 29.0 Å². The minimum Gasteiger partial charge on any atom is -0.396 e. The number of nitrogen functional groups attached to an aromatic ring is 1. The molecule has 0 saturated carbocycles. The average Bonchev–Trinajstić information content (AvgIpc) is 3.11. The summed E-state index contributed by atoms with van der Waals surface area (Å²) in [6, 6.07) is 12.3. The third-order valence-electron chi connectivity index (χ3n) is 4.73. The molecule has 1 aromatic heterocycles. The summed E-state index contributed by atoms with van der Waals surface area (Å²) in [4.78, 5) is 22.8. The molecule has 7 nitrogen and oxygen atoms in total. The van der Waals surface area contributed by atoms with Gasteiger partial charge in [0, 0.05) is 37.1 Å². The summed E-state index contributed by atoms with van der Waals surface area (Å²) < 4.78 is 13.4. The Bertz CT molecular complexity index is 1040. The van der Waals surface area contributed by atoms with E-state index >= 15 is 0 Å². The number of fused-ring (bicyclic) bond motifs is 1. The number of nitrogens with zero attached hydrogens (tertiary/aromatic N) is 3. The molecule has 1 saturated heterocycles. The fourth-order valence-electron chi connectivity index (χ4n) is 3.47. The van der Waals surface area contributed by atoms with Crippen LogP contribution in [-0.2, 0) is 4.79 Å². The Morgan fingerprint density at radius 1 is 1.25 bits per heavy atom. The fraction of sp³-hybridized carbons (Fsp3) is 0.250. The Balaban J connectivity index is 1.67. The maximum absolute atomic E-state index is 13.4. The molecule has 1 fully saturated rings. The van der Waals surface area contributed by atoms with Gasteiger partial charge in [0.1, 0.15) is 11.6 Å². The zero-order chi connectivity index (χ0) is 19.7. The summed E-state index contributed by atoms with van der Waals surface area (Å²) in [5.41, 5.74) is 7.12. The molecule has 144 valence electrons. The zero-order valence-corrected chi connectivity index (χ0v) is 15.4. The van der Waals surface area contributed by atoms with E-state index in [9.17, 15) is 9.18 Å². The molecule has 28 heavy (non-hydrogen) atoms. The van der Waals surface area contributed by atoms with Crippen LogP contribution >= 0.6 is 0 Å². The second kappa shape index (κ2) is 7.30. The fourth-order valence-corrected chi connectivity index (χ4v) is 3.47. The number of benzene rings is 2. The maximum Gasteiger partial charge on any atom is 0.229 e. The lowest BCUT2D eigenvalue weighted by atomic mass is 10.2. The molecular formula is C20H21FN6O. The van der Waals surface area contributed by atoms with Gasteiger partial charge < -0.3 is 21.3 Å². The van der Waals surface area contributed by atoms with Crippen LogP contribution in [0.1, 0.15) is 13.3 Å². The second-order valence-electron chi connectivity index (χ2n) is 6.88. The van der Waals surface area contributed by atoms with Crippen molar-refractivity contribution >= 4 is 40.0 Å². The molecule has 1 aliphatic rings. The number of para-hydroxylation sites is 1. The van der Waals surface area contributed by atoms with E-state index < -0.39 is 5.82 Å². The Kier molecular flexibility index (Phi) is 4.68. The number of amides is 1. The van der Waals surface area contributed by atoms with Crippen molar-refractivity contribution in [2.24, 2.45) is 0 Å². The number of rotatable bonds is 4. The van der Waals surface area contributed by atoms with E-state index in [1.807, 2.05) is 24.3 Å². The maximum atomic E-state index is 13.4. The van der Waals surface area contributed by atoms with Crippen molar-refractivity contribution in [2.45, 2.75) is 19.4 Å². The topological polar surface area (TPSA) is 96.2 Å². The molecule has 2 aromatic carbocycles. The van der Waals surface area contributed by atoms with Gasteiger partial charge in [0.05, 0.1) is 11.2 Å². The molecule has 1 amide bonds. The summed E-state index contributed by atoms with van der Waals surface area (Å²) in [7, 11) is 0. The van der Waals surface area contributed by atoms with Gasteiger partial charge in [0.2, 0.25) is 11.9 Å². The predicted molar refractivity (Wildman–Crippen MR) is 108 cm³/mol. The largest absolute Gasteiger partial charge is 0.396 e. The van der Waals surface area contributed by atoms with Crippen molar-refractivity contribution < 1.29 is 9.18 Å². The van der Waals surface area contributed by atoms with Crippen LogP contribution < -0.4 is 21.3 Å². The van der Waals surface area contributed by atoms with Gasteiger partial charge in [0.15, 0.2) is 0 Å². The summed E-state index contributed by atoms with van der Waals surface area (Å²) in [5.74, 6) is 0.709. The number of carbonyl (C=O) groups is 1. The number of nitrogens with two attached hydrogens (primary N) is 1. The van der Waals surface area contributed by atoms with Crippen molar-refractivity contribution in [3.8, 4) is 0 Å². The monoisotopic (exact) mass is 380 g/mol. The van der Waals surface area contributed by atoms with Gasteiger partial charge in [-0.1, -0.05) is 12.1 Å². The van der Waals surface area contributed by atoms with Crippen molar-refractivity contribution in [1.82, 2.24) is 15.3 Å². The number of nitrogens with one attached hydrogen (secondary N) is 2. The van der Waals surface area contributed by atoms with Gasteiger partial charge in [0.25, 0.3) is 0 Å². The quantitative estimate of drug-likeness (QED) is 0.603. The van der Waals surface area contributed by atoms with Gasteiger partial charge >= 0.3 is 0 Å². The van der Waals surface area contributed by atoms with Gasteiger partial charge in [-0.3, -0.25) is 4.79 Å². The summed E-state index contributed by atoms with van der Waals surface area (Å²) in [5, 5.41) is 7.01. The van der Waals surface area contributed by atoms with E-state index in [1.165, 1.54) is 19.1 Å². The van der Waals surface area contributed by atoms with Crippen LogP contribution in [-0.4, -0.2) is 35.0 Å². The molecule has 1 unspecified atom stereocenters. The molecule has 0 aliphatic carbocycles. The first-order valence-corrected chi connectivity index (χ1v) is 9.10. The molecule has 1 atom stereocenters. The van der Waals surface area contributed by atoms with Crippen molar-refractivity contribution in [1.29, 1.82) is 0 Å². The zero-order valence-electron chi connectivity index (χ0n) is 15.4. The van der Waals surface area contributed by atoms with Crippen LogP contribution in [0.2, 0.25) is 0 Å². The lowest BCUT2D eigenvalue weighted by Gasteiger charge is -2.20. The van der Waals surface area contributed by atoms with Gasteiger partial charge in [-0.2, -0.15) is 4.98 Å². The van der Waals surface area contributed by atoms with Gasteiger partial charge in [-0.25, -0.2) is 9.37 Å². The Labute approximate surface area is 161 Å². The molecule has 4 N–H and O–H groups in total. The standard InChI is InChI=1S/C20H21FN6O/c1-12(28)23-14-8-9-27(11-14)19-15-4-2-3-5-18(15)25-20(26-19)24-13-6-7-16(21)17(22)10-13/h2-7,10,14H,8-9,11,22H2,1H3,(H,23,28)(H,24,25,26). The number of hydrogen-bond acceptors (Lipinski definition) is 6. The molecule has 0 spiro atoms. The average molecular weight is 380 g/mol. The van der Waals surface area contributed by atoms with E-state index in [2.05, 4.69) is 20.5 Å². The molecule has 3 aromatic rings. The highest BCUT2D eigenvalue weighted by atomic mass is 19.1. The second-order valence-corrected chi connectivity index (χ2v) is 6.88. The van der Waals surface area contributed by atoms with Gasteiger partial charge in [-0.05, 0) is 36.8 Å². The van der Waals surface area contributed by atoms with E-state index in [0.717, 1.165) is 29.7 Å². The summed E-state index contributed by atoms with van der Waals surface area (Å²) >= 11 is 0. The van der Waals surface area contributed by atoms with Crippen LogP contribution in [0.3, 0.4) is 0 Å². The lowest BCUT2D eigenvalue weighted by molar-refractivity contribution is -0.119. The molecule has 8 heteroatoms. The SMILES string of the molecule is CC(=O)NC1CCN(c2nc(Nc3ccc(F)c(N)c3)nc3ccccc23)C1. The summed E-state index contributed by atoms with van der Waals surface area (Å²) in [6.07, 6.45) is 0.856. The molecule has 0 radical (unpaired) electrons. The molecular weight excluding hydrogens is 359 g/mol. The number of hydrogen-bond donors (Lipinski definition) is 3. The molecule has 2 heterocycles. The highest BCUT2D eigenvalue weighted by molar-refractivity contribution is 5.91. The molecule has 4 rings (SSSR count). The van der Waals surface area contributed by atoms with E-state index in [1.54, 1.807) is 6.07 Å². The van der Waals surface area contributed by atoms with Crippen molar-refractivity contribution in [3.05, 3.63) is 48.3 Å². The van der Waals surface area contributed by atoms with Crippen LogP contribution in [0.5, 0.6) is 0 Å². The minimum absolute atomic E-state index is 0.0318. The van der Waals surface area contributed by atoms with Crippen LogP contribution in [0.25, 0.3) is 10.9 Å². The minimum atomic E-state index is -0.466. The highest BCUT2D eigenvalue weighted by Crippen LogP contribution is 2.29. The summed E-state index contributed by atoms with van der Waals surface area (Å²) in [6.45, 7) is 3.00. The van der Waals surface area contributed by atoms with E-state index in [0.29, 0.717) is 18.2 Å². The number of anilines is 4. The predicted octanol–water partition coefficient (Wildman–Crippen LogP) is 2.81. The highest BCUT2D eigenvalue weighted by Gasteiger charge is 2.26. The first kappa shape index (κ1) is 18.0. The van der Waals surface area contributed by atoms with E-state index in [-0.39, 0.29) is 17.6 Å². The van der Waals surface area contributed by atoms with Crippen LogP contribution in [0, 0.1) is 5.82 Å². The van der Waals surface area contributed by atoms with Crippen molar-refractivity contribution in [3.63, 3.8) is 0 Å². The number of carbonyl (C=O) groups excluding carboxylic acids is 1. The van der Waals surface area contributed by atoms with Gasteiger partial charge in [-0.15, -0.1) is 0 Å². The van der Waals surface area contributed by atoms with Crippen LogP contribution in [0.15, 0.2) is 42.5 Å². The Morgan fingerprint density at radius 3 is 2.86 bits per heavy atom. The van der Waals surface area contributed by atoms with Crippen LogP contribution in [0.4, 0.5) is 27.5 Å². The number of halogens is 1. The normalized spacial score (nSPS) is 16.4. The Morgan fingerprint density at radius 2 is 2.07 bits per heavy atom. The molecule has 1 aliphatic heterocycles.